The van der Waals surface area contributed by atoms with Crippen LogP contribution >= 0.6 is 0 Å². The Morgan fingerprint density at radius 1 is 1.26 bits per heavy atom. The van der Waals surface area contributed by atoms with Gasteiger partial charge in [-0.15, -0.1) is 0 Å². The molecular formula is C16H26N2O. The Morgan fingerprint density at radius 3 is 2.63 bits per heavy atom. The summed E-state index contributed by atoms with van der Waals surface area (Å²) in [5.41, 5.74) is 8.09. The third kappa shape index (κ3) is 4.60. The molecule has 0 amide bonds. The Kier molecular flexibility index (Phi) is 5.83. The van der Waals surface area contributed by atoms with E-state index in [-0.39, 0.29) is 0 Å². The average molecular weight is 262 g/mol. The van der Waals surface area contributed by atoms with Crippen molar-refractivity contribution in [1.29, 1.82) is 0 Å². The van der Waals surface area contributed by atoms with E-state index in [0.717, 1.165) is 32.1 Å². The maximum Gasteiger partial charge on any atom is 0.0716 e. The SMILES string of the molecule is CN1CCCC1CCOCc1ccc(CCN)cc1. The van der Waals surface area contributed by atoms with Crippen LogP contribution in [0.1, 0.15) is 30.4 Å². The number of nitrogens with zero attached hydrogens (tertiary/aromatic N) is 1. The summed E-state index contributed by atoms with van der Waals surface area (Å²) in [4.78, 5) is 2.45. The molecule has 0 radical (unpaired) electrons. The third-order valence-corrected chi connectivity index (χ3v) is 3.99. The molecule has 0 bridgehead atoms. The first kappa shape index (κ1) is 14.5. The molecule has 1 aliphatic rings. The summed E-state index contributed by atoms with van der Waals surface area (Å²) in [6.45, 7) is 3.54. The van der Waals surface area contributed by atoms with E-state index in [1.807, 2.05) is 0 Å². The molecule has 1 unspecified atom stereocenters. The highest BCUT2D eigenvalue weighted by Crippen LogP contribution is 2.17. The van der Waals surface area contributed by atoms with Crippen molar-refractivity contribution in [2.75, 3.05) is 26.7 Å². The fourth-order valence-corrected chi connectivity index (χ4v) is 2.72. The number of rotatable bonds is 7. The van der Waals surface area contributed by atoms with Gasteiger partial charge in [0.15, 0.2) is 0 Å². The normalized spacial score (nSPS) is 20.0. The Hall–Kier alpha value is -0.900. The van der Waals surface area contributed by atoms with E-state index < -0.39 is 0 Å². The van der Waals surface area contributed by atoms with Crippen LogP contribution in [0.2, 0.25) is 0 Å². The summed E-state index contributed by atoms with van der Waals surface area (Å²) in [5.74, 6) is 0. The van der Waals surface area contributed by atoms with Crippen LogP contribution < -0.4 is 5.73 Å². The second-order valence-corrected chi connectivity index (χ2v) is 5.47. The molecule has 0 saturated carbocycles. The van der Waals surface area contributed by atoms with Crippen LogP contribution in [0.3, 0.4) is 0 Å². The van der Waals surface area contributed by atoms with Crippen LogP contribution in [0.4, 0.5) is 0 Å². The zero-order valence-electron chi connectivity index (χ0n) is 12.0. The monoisotopic (exact) mass is 262 g/mol. The van der Waals surface area contributed by atoms with Crippen molar-refractivity contribution in [3.8, 4) is 0 Å². The topological polar surface area (TPSA) is 38.5 Å². The molecule has 2 N–H and O–H groups in total. The molecule has 0 aliphatic carbocycles. The van der Waals surface area contributed by atoms with Gasteiger partial charge in [-0.25, -0.2) is 0 Å². The van der Waals surface area contributed by atoms with E-state index in [1.165, 1.54) is 30.5 Å². The molecule has 1 atom stereocenters. The number of nitrogens with two attached hydrogens (primary N) is 1. The van der Waals surface area contributed by atoms with Gasteiger partial charge in [-0.2, -0.15) is 0 Å². The van der Waals surface area contributed by atoms with Gasteiger partial charge in [0, 0.05) is 12.6 Å². The van der Waals surface area contributed by atoms with Gasteiger partial charge in [0.1, 0.15) is 0 Å². The van der Waals surface area contributed by atoms with Crippen molar-refractivity contribution in [3.05, 3.63) is 35.4 Å². The van der Waals surface area contributed by atoms with E-state index in [0.29, 0.717) is 6.54 Å². The van der Waals surface area contributed by atoms with Gasteiger partial charge in [-0.1, -0.05) is 24.3 Å². The molecule has 1 saturated heterocycles. The van der Waals surface area contributed by atoms with Crippen molar-refractivity contribution in [2.24, 2.45) is 5.73 Å². The molecule has 1 heterocycles. The van der Waals surface area contributed by atoms with Gasteiger partial charge in [0.25, 0.3) is 0 Å². The predicted molar refractivity (Wildman–Crippen MR) is 79.1 cm³/mol. The van der Waals surface area contributed by atoms with E-state index >= 15 is 0 Å². The number of benzene rings is 1. The maximum atomic E-state index is 5.78. The fraction of sp³-hybridized carbons (Fsp3) is 0.625. The first-order chi connectivity index (χ1) is 9.29. The quantitative estimate of drug-likeness (QED) is 0.766. The summed E-state index contributed by atoms with van der Waals surface area (Å²) < 4.78 is 5.78. The van der Waals surface area contributed by atoms with Gasteiger partial charge in [-0.3, -0.25) is 0 Å². The Bertz CT molecular complexity index is 364. The van der Waals surface area contributed by atoms with E-state index in [2.05, 4.69) is 36.2 Å². The van der Waals surface area contributed by atoms with Gasteiger partial charge in [0.2, 0.25) is 0 Å². The number of ether oxygens (including phenoxy) is 1. The van der Waals surface area contributed by atoms with Crippen LogP contribution in [-0.4, -0.2) is 37.7 Å². The lowest BCUT2D eigenvalue weighted by Crippen LogP contribution is -2.26. The van der Waals surface area contributed by atoms with Crippen LogP contribution in [0.15, 0.2) is 24.3 Å². The van der Waals surface area contributed by atoms with Gasteiger partial charge < -0.3 is 15.4 Å². The van der Waals surface area contributed by atoms with Crippen molar-refractivity contribution in [2.45, 2.75) is 38.3 Å². The molecule has 1 aromatic rings. The smallest absolute Gasteiger partial charge is 0.0716 e. The largest absolute Gasteiger partial charge is 0.377 e. The van der Waals surface area contributed by atoms with Crippen LogP contribution in [0.5, 0.6) is 0 Å². The Balaban J connectivity index is 1.65. The molecule has 3 heteroatoms. The average Bonchev–Trinajstić information content (AvgIpc) is 2.83. The van der Waals surface area contributed by atoms with Crippen LogP contribution in [0.25, 0.3) is 0 Å². The summed E-state index contributed by atoms with van der Waals surface area (Å²) in [5, 5.41) is 0. The lowest BCUT2D eigenvalue weighted by Gasteiger charge is -2.18. The summed E-state index contributed by atoms with van der Waals surface area (Å²) in [6, 6.07) is 9.32. The molecule has 1 aromatic carbocycles. The minimum Gasteiger partial charge on any atom is -0.377 e. The Labute approximate surface area is 116 Å². The highest BCUT2D eigenvalue weighted by molar-refractivity contribution is 5.22. The van der Waals surface area contributed by atoms with E-state index in [4.69, 9.17) is 10.5 Å². The summed E-state index contributed by atoms with van der Waals surface area (Å²) in [7, 11) is 2.22. The maximum absolute atomic E-state index is 5.78. The molecule has 1 fully saturated rings. The van der Waals surface area contributed by atoms with Gasteiger partial charge in [0.05, 0.1) is 6.61 Å². The number of likely N-dealkylation sites (tertiary alicyclic amines) is 1. The zero-order chi connectivity index (χ0) is 13.5. The van der Waals surface area contributed by atoms with E-state index in [9.17, 15) is 0 Å². The highest BCUT2D eigenvalue weighted by atomic mass is 16.5. The minimum absolute atomic E-state index is 0.713. The fourth-order valence-electron chi connectivity index (χ4n) is 2.72. The second kappa shape index (κ2) is 7.63. The molecule has 1 aliphatic heterocycles. The number of hydrogen-bond acceptors (Lipinski definition) is 3. The highest BCUT2D eigenvalue weighted by Gasteiger charge is 2.19. The molecule has 0 spiro atoms. The Morgan fingerprint density at radius 2 is 2.00 bits per heavy atom. The van der Waals surface area contributed by atoms with Crippen LogP contribution in [-0.2, 0) is 17.8 Å². The standard InChI is InChI=1S/C16H26N2O/c1-18-11-2-3-16(18)9-12-19-13-15-6-4-14(5-7-15)8-10-17/h4-7,16H,2-3,8-13,17H2,1H3. The van der Waals surface area contributed by atoms with Crippen molar-refractivity contribution in [1.82, 2.24) is 4.90 Å². The molecule has 0 aromatic heterocycles. The molecule has 106 valence electrons. The van der Waals surface area contributed by atoms with Crippen molar-refractivity contribution >= 4 is 0 Å². The first-order valence-corrected chi connectivity index (χ1v) is 7.35. The van der Waals surface area contributed by atoms with Crippen LogP contribution in [0, 0.1) is 0 Å². The lowest BCUT2D eigenvalue weighted by atomic mass is 10.1. The van der Waals surface area contributed by atoms with Gasteiger partial charge >= 0.3 is 0 Å². The minimum atomic E-state index is 0.713. The summed E-state index contributed by atoms with van der Waals surface area (Å²) in [6.07, 6.45) is 4.77. The molecule has 19 heavy (non-hydrogen) atoms. The summed E-state index contributed by atoms with van der Waals surface area (Å²) >= 11 is 0. The molecule has 3 nitrogen and oxygen atoms in total. The molecular weight excluding hydrogens is 236 g/mol. The van der Waals surface area contributed by atoms with Crippen molar-refractivity contribution in [3.63, 3.8) is 0 Å². The lowest BCUT2D eigenvalue weighted by molar-refractivity contribution is 0.101. The molecule has 2 rings (SSSR count). The predicted octanol–water partition coefficient (Wildman–Crippen LogP) is 2.19. The second-order valence-electron chi connectivity index (χ2n) is 5.47. The van der Waals surface area contributed by atoms with E-state index in [1.54, 1.807) is 0 Å². The number of hydrogen-bond donors (Lipinski definition) is 1. The third-order valence-electron chi connectivity index (χ3n) is 3.99. The van der Waals surface area contributed by atoms with Crippen molar-refractivity contribution < 1.29 is 4.74 Å². The first-order valence-electron chi connectivity index (χ1n) is 7.35. The zero-order valence-corrected chi connectivity index (χ0v) is 12.0. The van der Waals surface area contributed by atoms with Gasteiger partial charge in [-0.05, 0) is 56.9 Å².